The molecule has 3 amide bonds. The second-order valence-electron chi connectivity index (χ2n) is 11.5. The van der Waals surface area contributed by atoms with E-state index >= 15 is 0 Å². The Balaban J connectivity index is 1.28. The highest BCUT2D eigenvalue weighted by atomic mass is 32.2. The van der Waals surface area contributed by atoms with Crippen molar-refractivity contribution in [1.29, 1.82) is 0 Å². The van der Waals surface area contributed by atoms with Gasteiger partial charge in [-0.25, -0.2) is 9.78 Å². The number of epoxide rings is 2. The number of thioether (sulfide) groups is 1. The van der Waals surface area contributed by atoms with Crippen LogP contribution in [0.1, 0.15) is 53.4 Å². The van der Waals surface area contributed by atoms with Gasteiger partial charge in [-0.15, -0.1) is 0 Å². The zero-order chi connectivity index (χ0) is 32.1. The molecule has 1 unspecified atom stereocenters. The van der Waals surface area contributed by atoms with Crippen LogP contribution in [0.2, 0.25) is 0 Å². The SMILES string of the molecule is CCC(=O)COCC(=O)Nc1nc(SCC(=O)NC(=O)O[C@@H]2CC[C@]3(CO3)[C@@H](C3(C)O[C@@H]3CC=C(C)C)[C@@H]2OC)cc(=O)[nH]1. The maximum Gasteiger partial charge on any atom is 0.414 e. The van der Waals surface area contributed by atoms with E-state index < -0.39 is 47.9 Å². The van der Waals surface area contributed by atoms with Gasteiger partial charge in [0, 0.05) is 19.6 Å². The summed E-state index contributed by atoms with van der Waals surface area (Å²) >= 11 is 0.888. The van der Waals surface area contributed by atoms with E-state index in [1.54, 1.807) is 14.0 Å². The number of rotatable bonds is 14. The van der Waals surface area contributed by atoms with Crippen LogP contribution in [-0.4, -0.2) is 95.9 Å². The lowest BCUT2D eigenvalue weighted by Gasteiger charge is -2.42. The minimum atomic E-state index is -0.912. The summed E-state index contributed by atoms with van der Waals surface area (Å²) in [4.78, 5) is 67.1. The van der Waals surface area contributed by atoms with E-state index in [0.717, 1.165) is 24.2 Å². The number of nitrogens with zero attached hydrogens (tertiary/aromatic N) is 1. The first-order chi connectivity index (χ1) is 20.9. The fourth-order valence-corrected chi connectivity index (χ4v) is 6.32. The average Bonchev–Trinajstić information content (AvgIpc) is 3.87. The van der Waals surface area contributed by atoms with Crippen LogP contribution in [0.25, 0.3) is 0 Å². The zero-order valence-electron chi connectivity index (χ0n) is 25.6. The third-order valence-corrected chi connectivity index (χ3v) is 8.87. The number of ether oxygens (including phenoxy) is 5. The Hall–Kier alpha value is -3.11. The number of hydrogen-bond donors (Lipinski definition) is 3. The third kappa shape index (κ3) is 8.53. The summed E-state index contributed by atoms with van der Waals surface area (Å²) in [5.74, 6) is -2.00. The third-order valence-electron chi connectivity index (χ3n) is 7.95. The highest BCUT2D eigenvalue weighted by Gasteiger charge is 2.72. The monoisotopic (exact) mass is 636 g/mol. The molecule has 6 atom stereocenters. The maximum absolute atomic E-state index is 12.7. The van der Waals surface area contributed by atoms with Gasteiger partial charge in [0.15, 0.2) is 5.78 Å². The Bertz CT molecular complexity index is 1340. The minimum Gasteiger partial charge on any atom is -0.443 e. The first-order valence-electron chi connectivity index (χ1n) is 14.5. The van der Waals surface area contributed by atoms with E-state index in [1.165, 1.54) is 5.57 Å². The molecule has 3 heterocycles. The van der Waals surface area contributed by atoms with Gasteiger partial charge in [0.25, 0.3) is 11.5 Å². The second-order valence-corrected chi connectivity index (χ2v) is 12.5. The molecule has 1 saturated carbocycles. The molecule has 3 fully saturated rings. The molecule has 1 aliphatic carbocycles. The fraction of sp³-hybridized carbons (Fsp3) is 0.655. The number of carbonyl (C=O) groups excluding carboxylic acids is 4. The molecule has 0 aromatic carbocycles. The van der Waals surface area contributed by atoms with Crippen LogP contribution < -0.4 is 16.2 Å². The number of carbonyl (C=O) groups is 4. The van der Waals surface area contributed by atoms with Crippen molar-refractivity contribution in [2.24, 2.45) is 5.92 Å². The van der Waals surface area contributed by atoms with E-state index in [2.05, 4.69) is 26.7 Å². The van der Waals surface area contributed by atoms with Crippen molar-refractivity contribution >= 4 is 41.4 Å². The Kier molecular flexibility index (Phi) is 11.0. The molecule has 15 heteroatoms. The number of H-pyrrole nitrogens is 1. The number of Topliss-reactive ketones (excluding diaryl/α,β-unsaturated/α-hetero) is 1. The van der Waals surface area contributed by atoms with Crippen LogP contribution in [0.15, 0.2) is 27.5 Å². The predicted molar refractivity (Wildman–Crippen MR) is 158 cm³/mol. The van der Waals surface area contributed by atoms with E-state index in [4.69, 9.17) is 23.7 Å². The highest BCUT2D eigenvalue weighted by molar-refractivity contribution is 7.99. The van der Waals surface area contributed by atoms with Crippen molar-refractivity contribution in [3.8, 4) is 0 Å². The lowest BCUT2D eigenvalue weighted by Crippen LogP contribution is -2.56. The molecule has 14 nitrogen and oxygen atoms in total. The number of ketones is 1. The number of aromatic nitrogens is 2. The standard InChI is InChI=1S/C29H40N4O10S/c1-6-17(34)12-40-13-21(36)31-26-30-20(35)11-23(33-26)44-14-22(37)32-27(38)42-18-9-10-29(15-41-29)25(24(18)39-5)28(4)19(43-28)8-7-16(2)3/h7,11,18-19,24-25H,6,8-10,12-15H2,1-5H3,(H,32,37,38)(H2,30,31,33,35,36)/t18-,19-,24-,25-,28?,29+/m1/s1. The minimum absolute atomic E-state index is 0.00442. The van der Waals surface area contributed by atoms with Gasteiger partial charge in [0.05, 0.1) is 24.4 Å². The quantitative estimate of drug-likeness (QED) is 0.117. The van der Waals surface area contributed by atoms with Gasteiger partial charge >= 0.3 is 6.09 Å². The van der Waals surface area contributed by atoms with Crippen molar-refractivity contribution in [3.05, 3.63) is 28.1 Å². The number of allylic oxidation sites excluding steroid dienone is 1. The largest absolute Gasteiger partial charge is 0.443 e. The number of hydrogen-bond acceptors (Lipinski definition) is 12. The summed E-state index contributed by atoms with van der Waals surface area (Å²) < 4.78 is 28.7. The van der Waals surface area contributed by atoms with E-state index in [9.17, 15) is 24.0 Å². The van der Waals surface area contributed by atoms with E-state index in [1.807, 2.05) is 20.8 Å². The summed E-state index contributed by atoms with van der Waals surface area (Å²) in [7, 11) is 1.57. The molecular weight excluding hydrogens is 596 g/mol. The molecule has 2 aliphatic heterocycles. The van der Waals surface area contributed by atoms with Crippen molar-refractivity contribution < 1.29 is 42.9 Å². The number of amides is 3. The van der Waals surface area contributed by atoms with Gasteiger partial charge in [0.1, 0.15) is 41.6 Å². The fourth-order valence-electron chi connectivity index (χ4n) is 5.62. The lowest BCUT2D eigenvalue weighted by molar-refractivity contribution is -0.127. The summed E-state index contributed by atoms with van der Waals surface area (Å²) in [5.41, 5.74) is -0.227. The maximum atomic E-state index is 12.7. The first kappa shape index (κ1) is 33.8. The molecule has 1 spiro atoms. The first-order valence-corrected chi connectivity index (χ1v) is 15.5. The number of aromatic amines is 1. The summed E-state index contributed by atoms with van der Waals surface area (Å²) in [6.45, 7) is 7.79. The van der Waals surface area contributed by atoms with Crippen LogP contribution in [-0.2, 0) is 38.1 Å². The average molecular weight is 637 g/mol. The topological polar surface area (TPSA) is 191 Å². The Labute approximate surface area is 259 Å². The molecule has 0 bridgehead atoms. The van der Waals surface area contributed by atoms with Gasteiger partial charge in [0.2, 0.25) is 11.9 Å². The van der Waals surface area contributed by atoms with Gasteiger partial charge in [-0.2, -0.15) is 0 Å². The molecule has 44 heavy (non-hydrogen) atoms. The summed E-state index contributed by atoms with van der Waals surface area (Å²) in [5, 5.41) is 4.72. The molecule has 4 rings (SSSR count). The van der Waals surface area contributed by atoms with Crippen molar-refractivity contribution in [2.75, 3.05) is 38.0 Å². The predicted octanol–water partition coefficient (Wildman–Crippen LogP) is 2.13. The van der Waals surface area contributed by atoms with Crippen molar-refractivity contribution in [1.82, 2.24) is 15.3 Å². The Morgan fingerprint density at radius 1 is 1.23 bits per heavy atom. The van der Waals surface area contributed by atoms with Crippen LogP contribution in [0, 0.1) is 5.92 Å². The lowest BCUT2D eigenvalue weighted by atomic mass is 9.68. The molecule has 1 aromatic rings. The smallest absolute Gasteiger partial charge is 0.414 e. The van der Waals surface area contributed by atoms with Gasteiger partial charge in [-0.3, -0.25) is 34.8 Å². The zero-order valence-corrected chi connectivity index (χ0v) is 26.4. The normalized spacial score (nSPS) is 28.6. The molecule has 3 aliphatic rings. The van der Waals surface area contributed by atoms with Crippen LogP contribution in [0.4, 0.5) is 10.7 Å². The second kappa shape index (κ2) is 14.3. The molecule has 2 saturated heterocycles. The van der Waals surface area contributed by atoms with Crippen molar-refractivity contribution in [2.45, 2.75) is 87.9 Å². The van der Waals surface area contributed by atoms with Gasteiger partial charge < -0.3 is 23.7 Å². The molecule has 0 radical (unpaired) electrons. The Morgan fingerprint density at radius 2 is 1.98 bits per heavy atom. The number of anilines is 1. The molecular formula is C29H40N4O10S. The van der Waals surface area contributed by atoms with E-state index in [-0.39, 0.29) is 53.2 Å². The number of alkyl carbamates (subject to hydrolysis) is 1. The van der Waals surface area contributed by atoms with Crippen molar-refractivity contribution in [3.63, 3.8) is 0 Å². The van der Waals surface area contributed by atoms with Gasteiger partial charge in [-0.1, -0.05) is 30.3 Å². The van der Waals surface area contributed by atoms with E-state index in [0.29, 0.717) is 19.4 Å². The Morgan fingerprint density at radius 3 is 2.64 bits per heavy atom. The summed E-state index contributed by atoms with van der Waals surface area (Å²) in [6.07, 6.45) is 2.36. The molecule has 1 aromatic heterocycles. The number of methoxy groups -OCH3 is 1. The van der Waals surface area contributed by atoms with Crippen LogP contribution in [0.5, 0.6) is 0 Å². The number of nitrogens with one attached hydrogen (secondary N) is 3. The van der Waals surface area contributed by atoms with Crippen LogP contribution >= 0.6 is 11.8 Å². The molecule has 242 valence electrons. The van der Waals surface area contributed by atoms with Gasteiger partial charge in [-0.05, 0) is 40.0 Å². The van der Waals surface area contributed by atoms with Crippen LogP contribution in [0.3, 0.4) is 0 Å². The number of imide groups is 1. The highest BCUT2D eigenvalue weighted by Crippen LogP contribution is 2.59. The molecule has 3 N–H and O–H groups in total. The summed E-state index contributed by atoms with van der Waals surface area (Å²) in [6, 6.07) is 1.15.